The van der Waals surface area contributed by atoms with Crippen molar-refractivity contribution in [2.24, 2.45) is 5.73 Å². The summed E-state index contributed by atoms with van der Waals surface area (Å²) >= 11 is 7.48. The predicted molar refractivity (Wildman–Crippen MR) is 61.1 cm³/mol. The van der Waals surface area contributed by atoms with Crippen LogP contribution < -0.4 is 5.73 Å². The maximum atomic E-state index is 5.91. The number of thiazole rings is 1. The topological polar surface area (TPSA) is 56.7 Å². The molecule has 0 aromatic carbocycles. The molecule has 6 heteroatoms. The molecule has 2 aromatic rings. The molecule has 0 saturated heterocycles. The van der Waals surface area contributed by atoms with Crippen molar-refractivity contribution < 1.29 is 0 Å². The van der Waals surface area contributed by atoms with Crippen molar-refractivity contribution in [3.05, 3.63) is 33.0 Å². The Labute approximate surface area is 96.7 Å². The van der Waals surface area contributed by atoms with E-state index >= 15 is 0 Å². The summed E-state index contributed by atoms with van der Waals surface area (Å²) in [5.74, 6) is 0. The summed E-state index contributed by atoms with van der Waals surface area (Å²) < 4.78 is 1.83. The van der Waals surface area contributed by atoms with E-state index in [0.29, 0.717) is 18.1 Å². The van der Waals surface area contributed by atoms with Crippen LogP contribution in [0.5, 0.6) is 0 Å². The fourth-order valence-electron chi connectivity index (χ4n) is 1.25. The van der Waals surface area contributed by atoms with Crippen LogP contribution in [0.2, 0.25) is 5.02 Å². The number of aromatic nitrogens is 3. The Balaban J connectivity index is 2.18. The van der Waals surface area contributed by atoms with Crippen LogP contribution in [0.1, 0.15) is 16.4 Å². The summed E-state index contributed by atoms with van der Waals surface area (Å²) in [6.45, 7) is 3.07. The molecule has 15 heavy (non-hydrogen) atoms. The molecule has 0 aliphatic heterocycles. The van der Waals surface area contributed by atoms with Crippen molar-refractivity contribution in [3.63, 3.8) is 0 Å². The van der Waals surface area contributed by atoms with Gasteiger partial charge in [0.25, 0.3) is 0 Å². The molecule has 0 aliphatic rings. The Bertz CT molecular complexity index is 462. The van der Waals surface area contributed by atoms with Gasteiger partial charge in [0.05, 0.1) is 29.2 Å². The lowest BCUT2D eigenvalue weighted by molar-refractivity contribution is 0.653. The smallest absolute Gasteiger partial charge is 0.107 e. The fraction of sp³-hybridized carbons (Fsp3) is 0.333. The lowest BCUT2D eigenvalue weighted by Gasteiger charge is -2.00. The average molecular weight is 243 g/mol. The van der Waals surface area contributed by atoms with Crippen molar-refractivity contribution in [3.8, 4) is 0 Å². The van der Waals surface area contributed by atoms with Gasteiger partial charge in [0.2, 0.25) is 0 Å². The second kappa shape index (κ2) is 4.30. The van der Waals surface area contributed by atoms with Gasteiger partial charge in [0.15, 0.2) is 0 Å². The van der Waals surface area contributed by atoms with E-state index in [-0.39, 0.29) is 0 Å². The van der Waals surface area contributed by atoms with Crippen LogP contribution >= 0.6 is 22.9 Å². The minimum absolute atomic E-state index is 0.490. The first-order valence-electron chi connectivity index (χ1n) is 4.52. The van der Waals surface area contributed by atoms with Gasteiger partial charge in [-0.1, -0.05) is 11.6 Å². The van der Waals surface area contributed by atoms with Crippen LogP contribution in [0.15, 0.2) is 11.6 Å². The van der Waals surface area contributed by atoms with Crippen LogP contribution in [0.25, 0.3) is 0 Å². The first-order chi connectivity index (χ1) is 7.20. The summed E-state index contributed by atoms with van der Waals surface area (Å²) in [5, 5.41) is 7.79. The van der Waals surface area contributed by atoms with Crippen molar-refractivity contribution in [1.29, 1.82) is 0 Å². The Kier molecular flexibility index (Phi) is 3.04. The van der Waals surface area contributed by atoms with Gasteiger partial charge in [-0.05, 0) is 6.92 Å². The molecule has 0 unspecified atom stereocenters. The van der Waals surface area contributed by atoms with E-state index in [4.69, 9.17) is 17.3 Å². The van der Waals surface area contributed by atoms with E-state index in [1.165, 1.54) is 0 Å². The minimum atomic E-state index is 0.490. The second-order valence-corrected chi connectivity index (χ2v) is 4.52. The molecule has 0 atom stereocenters. The zero-order chi connectivity index (χ0) is 10.8. The number of hydrogen-bond acceptors (Lipinski definition) is 4. The summed E-state index contributed by atoms with van der Waals surface area (Å²) in [4.78, 5) is 4.36. The molecule has 0 saturated carbocycles. The molecule has 0 radical (unpaired) electrons. The molecular formula is C9H11ClN4S. The summed E-state index contributed by atoms with van der Waals surface area (Å²) in [5.41, 5.74) is 7.43. The quantitative estimate of drug-likeness (QED) is 0.893. The molecule has 4 nitrogen and oxygen atoms in total. The third-order valence-electron chi connectivity index (χ3n) is 2.13. The zero-order valence-corrected chi connectivity index (χ0v) is 9.85. The van der Waals surface area contributed by atoms with Crippen LogP contribution in [0.4, 0.5) is 0 Å². The molecule has 0 fully saturated rings. The van der Waals surface area contributed by atoms with Gasteiger partial charge < -0.3 is 5.73 Å². The highest BCUT2D eigenvalue weighted by molar-refractivity contribution is 7.09. The van der Waals surface area contributed by atoms with Gasteiger partial charge in [0, 0.05) is 11.9 Å². The second-order valence-electron chi connectivity index (χ2n) is 3.17. The molecule has 2 rings (SSSR count). The van der Waals surface area contributed by atoms with E-state index in [0.717, 1.165) is 16.4 Å². The van der Waals surface area contributed by atoms with Crippen LogP contribution in [0.3, 0.4) is 0 Å². The lowest BCUT2D eigenvalue weighted by atomic mass is 10.4. The summed E-state index contributed by atoms with van der Waals surface area (Å²) in [6, 6.07) is 0. The van der Waals surface area contributed by atoms with Crippen molar-refractivity contribution >= 4 is 22.9 Å². The van der Waals surface area contributed by atoms with E-state index in [9.17, 15) is 0 Å². The van der Waals surface area contributed by atoms with Crippen molar-refractivity contribution in [2.75, 3.05) is 0 Å². The van der Waals surface area contributed by atoms with Gasteiger partial charge in [-0.15, -0.1) is 11.3 Å². The molecule has 0 bridgehead atoms. The average Bonchev–Trinajstić information content (AvgIpc) is 2.80. The Morgan fingerprint density at radius 1 is 1.60 bits per heavy atom. The Morgan fingerprint density at radius 3 is 2.93 bits per heavy atom. The highest BCUT2D eigenvalue weighted by Crippen LogP contribution is 2.16. The molecule has 0 spiro atoms. The third-order valence-corrected chi connectivity index (χ3v) is 3.42. The summed E-state index contributed by atoms with van der Waals surface area (Å²) in [6.07, 6.45) is 1.65. The molecule has 2 N–H and O–H groups in total. The first-order valence-corrected chi connectivity index (χ1v) is 5.77. The Morgan fingerprint density at radius 2 is 2.40 bits per heavy atom. The molecule has 2 heterocycles. The normalized spacial score (nSPS) is 10.9. The van der Waals surface area contributed by atoms with Crippen molar-refractivity contribution in [1.82, 2.24) is 14.8 Å². The maximum absolute atomic E-state index is 5.91. The summed E-state index contributed by atoms with van der Waals surface area (Å²) in [7, 11) is 0. The van der Waals surface area contributed by atoms with Gasteiger partial charge in [-0.2, -0.15) is 5.10 Å². The number of nitrogens with zero attached hydrogens (tertiary/aromatic N) is 3. The van der Waals surface area contributed by atoms with Gasteiger partial charge in [-0.25, -0.2) is 4.98 Å². The van der Waals surface area contributed by atoms with E-state index in [2.05, 4.69) is 10.1 Å². The third kappa shape index (κ3) is 2.19. The van der Waals surface area contributed by atoms with E-state index in [1.54, 1.807) is 17.5 Å². The maximum Gasteiger partial charge on any atom is 0.107 e. The van der Waals surface area contributed by atoms with Gasteiger partial charge in [-0.3, -0.25) is 4.68 Å². The minimum Gasteiger partial charge on any atom is -0.325 e. The van der Waals surface area contributed by atoms with Crippen LogP contribution in [0, 0.1) is 6.92 Å². The van der Waals surface area contributed by atoms with Crippen LogP contribution in [-0.4, -0.2) is 14.8 Å². The number of halogens is 1. The molecule has 0 amide bonds. The number of hydrogen-bond donors (Lipinski definition) is 1. The van der Waals surface area contributed by atoms with E-state index < -0.39 is 0 Å². The Hall–Kier alpha value is -0.910. The van der Waals surface area contributed by atoms with Crippen LogP contribution in [-0.2, 0) is 13.1 Å². The first kappa shape index (κ1) is 10.6. The zero-order valence-electron chi connectivity index (χ0n) is 8.27. The van der Waals surface area contributed by atoms with Gasteiger partial charge >= 0.3 is 0 Å². The van der Waals surface area contributed by atoms with Crippen molar-refractivity contribution in [2.45, 2.75) is 20.0 Å². The number of rotatable bonds is 3. The molecule has 2 aromatic heterocycles. The largest absolute Gasteiger partial charge is 0.325 e. The number of nitrogens with two attached hydrogens (primary N) is 1. The lowest BCUT2D eigenvalue weighted by Crippen LogP contribution is -2.04. The highest BCUT2D eigenvalue weighted by Gasteiger charge is 2.06. The van der Waals surface area contributed by atoms with Gasteiger partial charge in [0.1, 0.15) is 5.01 Å². The molecule has 80 valence electrons. The van der Waals surface area contributed by atoms with E-state index in [1.807, 2.05) is 17.0 Å². The standard InChI is InChI=1S/C9H11ClN4S/c1-6-8(10)3-12-14(6)4-7-5-15-9(2-11)13-7/h3,5H,2,4,11H2,1H3. The fourth-order valence-corrected chi connectivity index (χ4v) is 2.06. The SMILES string of the molecule is Cc1c(Cl)cnn1Cc1csc(CN)n1. The highest BCUT2D eigenvalue weighted by atomic mass is 35.5. The monoisotopic (exact) mass is 242 g/mol. The molecule has 0 aliphatic carbocycles. The predicted octanol–water partition coefficient (Wildman–Crippen LogP) is 1.81. The molecular weight excluding hydrogens is 232 g/mol.